The van der Waals surface area contributed by atoms with Crippen LogP contribution in [0.2, 0.25) is 0 Å². The van der Waals surface area contributed by atoms with E-state index in [1.54, 1.807) is 18.2 Å². The van der Waals surface area contributed by atoms with E-state index in [1.807, 2.05) is 62.5 Å². The lowest BCUT2D eigenvalue weighted by molar-refractivity contribution is -0.133. The van der Waals surface area contributed by atoms with Gasteiger partial charge in [0.25, 0.3) is 0 Å². The smallest absolute Gasteiger partial charge is 0.225 e. The quantitative estimate of drug-likeness (QED) is 0.823. The molecule has 2 rings (SSSR count). The molecule has 1 aromatic heterocycles. The zero-order valence-electron chi connectivity index (χ0n) is 13.3. The molecule has 0 radical (unpaired) electrons. The van der Waals surface area contributed by atoms with Crippen molar-refractivity contribution in [2.75, 3.05) is 14.2 Å². The third-order valence-electron chi connectivity index (χ3n) is 3.73. The maximum absolute atomic E-state index is 12.5. The van der Waals surface area contributed by atoms with Gasteiger partial charge in [-0.2, -0.15) is 0 Å². The Kier molecular flexibility index (Phi) is 5.67. The van der Waals surface area contributed by atoms with Crippen molar-refractivity contribution in [2.24, 2.45) is 0 Å². The van der Waals surface area contributed by atoms with Crippen molar-refractivity contribution < 1.29 is 9.53 Å². The second kappa shape index (κ2) is 7.71. The van der Waals surface area contributed by atoms with Crippen LogP contribution in [0.4, 0.5) is 0 Å². The van der Waals surface area contributed by atoms with Crippen molar-refractivity contribution in [1.82, 2.24) is 9.88 Å². The SMILES string of the molecule is CO[C@H](C)CC(=O)N(C)[C@H](c1ccccc1)c1ccccn1. The highest BCUT2D eigenvalue weighted by Crippen LogP contribution is 2.26. The summed E-state index contributed by atoms with van der Waals surface area (Å²) < 4.78 is 5.20. The molecule has 0 spiro atoms. The number of carbonyl (C=O) groups excluding carboxylic acids is 1. The van der Waals surface area contributed by atoms with Crippen LogP contribution in [0, 0.1) is 0 Å². The van der Waals surface area contributed by atoms with Gasteiger partial charge in [-0.15, -0.1) is 0 Å². The normalized spacial score (nSPS) is 13.4. The monoisotopic (exact) mass is 298 g/mol. The third kappa shape index (κ3) is 3.92. The number of pyridine rings is 1. The molecular formula is C18H22N2O2. The summed E-state index contributed by atoms with van der Waals surface area (Å²) in [5.74, 6) is 0.0360. The number of methoxy groups -OCH3 is 1. The van der Waals surface area contributed by atoms with Crippen molar-refractivity contribution in [2.45, 2.75) is 25.5 Å². The Morgan fingerprint density at radius 3 is 2.45 bits per heavy atom. The van der Waals surface area contributed by atoms with Crippen molar-refractivity contribution >= 4 is 5.91 Å². The molecule has 2 atom stereocenters. The first-order valence-corrected chi connectivity index (χ1v) is 7.37. The van der Waals surface area contributed by atoms with E-state index in [0.29, 0.717) is 6.42 Å². The van der Waals surface area contributed by atoms with Crippen LogP contribution in [-0.2, 0) is 9.53 Å². The van der Waals surface area contributed by atoms with E-state index in [0.717, 1.165) is 11.3 Å². The van der Waals surface area contributed by atoms with Gasteiger partial charge in [-0.05, 0) is 24.6 Å². The van der Waals surface area contributed by atoms with Gasteiger partial charge in [0.2, 0.25) is 5.91 Å². The molecule has 22 heavy (non-hydrogen) atoms. The van der Waals surface area contributed by atoms with Crippen LogP contribution in [0.3, 0.4) is 0 Å². The number of benzene rings is 1. The molecule has 4 heteroatoms. The largest absolute Gasteiger partial charge is 0.381 e. The molecule has 116 valence electrons. The molecule has 0 saturated carbocycles. The number of nitrogens with zero attached hydrogens (tertiary/aromatic N) is 2. The molecule has 0 aliphatic heterocycles. The summed E-state index contributed by atoms with van der Waals surface area (Å²) in [7, 11) is 3.43. The molecule has 0 fully saturated rings. The minimum absolute atomic E-state index is 0.0360. The lowest BCUT2D eigenvalue weighted by Crippen LogP contribution is -2.34. The molecule has 1 aromatic carbocycles. The Hall–Kier alpha value is -2.20. The molecule has 0 saturated heterocycles. The summed E-state index contributed by atoms with van der Waals surface area (Å²) in [6.45, 7) is 1.89. The highest BCUT2D eigenvalue weighted by atomic mass is 16.5. The minimum atomic E-state index is -0.195. The minimum Gasteiger partial charge on any atom is -0.381 e. The van der Waals surface area contributed by atoms with Crippen LogP contribution in [-0.4, -0.2) is 36.1 Å². The van der Waals surface area contributed by atoms with E-state index in [-0.39, 0.29) is 18.1 Å². The average molecular weight is 298 g/mol. The number of hydrogen-bond acceptors (Lipinski definition) is 3. The zero-order chi connectivity index (χ0) is 15.9. The van der Waals surface area contributed by atoms with Crippen molar-refractivity contribution in [1.29, 1.82) is 0 Å². The lowest BCUT2D eigenvalue weighted by atomic mass is 10.0. The van der Waals surface area contributed by atoms with E-state index in [9.17, 15) is 4.79 Å². The molecule has 0 aliphatic carbocycles. The van der Waals surface area contributed by atoms with Gasteiger partial charge in [-0.25, -0.2) is 0 Å². The highest BCUT2D eigenvalue weighted by Gasteiger charge is 2.25. The first-order valence-electron chi connectivity index (χ1n) is 7.37. The van der Waals surface area contributed by atoms with Crippen molar-refractivity contribution in [3.8, 4) is 0 Å². The van der Waals surface area contributed by atoms with Gasteiger partial charge >= 0.3 is 0 Å². The van der Waals surface area contributed by atoms with E-state index < -0.39 is 0 Å². The van der Waals surface area contributed by atoms with Gasteiger partial charge < -0.3 is 9.64 Å². The van der Waals surface area contributed by atoms with Gasteiger partial charge in [0, 0.05) is 20.4 Å². The number of ether oxygens (including phenoxy) is 1. The van der Waals surface area contributed by atoms with Gasteiger partial charge in [-0.1, -0.05) is 36.4 Å². The standard InChI is InChI=1S/C18H22N2O2/c1-14(22-3)13-17(21)20(2)18(15-9-5-4-6-10-15)16-11-7-8-12-19-16/h4-12,14,18H,13H2,1-3H3/t14-,18-/m1/s1. The number of amides is 1. The van der Waals surface area contributed by atoms with Gasteiger partial charge in [0.05, 0.1) is 24.3 Å². The molecular weight excluding hydrogens is 276 g/mol. The second-order valence-electron chi connectivity index (χ2n) is 5.32. The van der Waals surface area contributed by atoms with Crippen molar-refractivity contribution in [3.63, 3.8) is 0 Å². The fourth-order valence-corrected chi connectivity index (χ4v) is 2.38. The maximum Gasteiger partial charge on any atom is 0.225 e. The summed E-state index contributed by atoms with van der Waals surface area (Å²) in [6, 6.07) is 15.5. The summed E-state index contributed by atoms with van der Waals surface area (Å²) in [6.07, 6.45) is 2.00. The second-order valence-corrected chi connectivity index (χ2v) is 5.32. The summed E-state index contributed by atoms with van der Waals surface area (Å²) in [5.41, 5.74) is 1.90. The van der Waals surface area contributed by atoms with Crippen LogP contribution >= 0.6 is 0 Å². The first-order chi connectivity index (χ1) is 10.6. The van der Waals surface area contributed by atoms with Crippen LogP contribution < -0.4 is 0 Å². The van der Waals surface area contributed by atoms with E-state index in [1.165, 1.54) is 0 Å². The average Bonchev–Trinajstić information content (AvgIpc) is 2.56. The van der Waals surface area contributed by atoms with Crippen LogP contribution in [0.1, 0.15) is 30.6 Å². The predicted molar refractivity (Wildman–Crippen MR) is 86.4 cm³/mol. The Balaban J connectivity index is 2.31. The lowest BCUT2D eigenvalue weighted by Gasteiger charge is -2.29. The molecule has 0 N–H and O–H groups in total. The number of carbonyl (C=O) groups is 1. The molecule has 0 aliphatic rings. The fraction of sp³-hybridized carbons (Fsp3) is 0.333. The molecule has 1 amide bonds. The van der Waals surface area contributed by atoms with Gasteiger partial charge in [-0.3, -0.25) is 9.78 Å². The summed E-state index contributed by atoms with van der Waals surface area (Å²) in [5, 5.41) is 0. The Morgan fingerprint density at radius 1 is 1.18 bits per heavy atom. The van der Waals surface area contributed by atoms with E-state index in [4.69, 9.17) is 4.74 Å². The van der Waals surface area contributed by atoms with E-state index >= 15 is 0 Å². The van der Waals surface area contributed by atoms with Crippen LogP contribution in [0.5, 0.6) is 0 Å². The molecule has 2 aromatic rings. The van der Waals surface area contributed by atoms with Gasteiger partial charge in [0.15, 0.2) is 0 Å². The number of hydrogen-bond donors (Lipinski definition) is 0. The molecule has 0 unspecified atom stereocenters. The van der Waals surface area contributed by atoms with Crippen LogP contribution in [0.25, 0.3) is 0 Å². The maximum atomic E-state index is 12.5. The first kappa shape index (κ1) is 16.2. The summed E-state index contributed by atoms with van der Waals surface area (Å²) in [4.78, 5) is 18.7. The number of rotatable bonds is 6. The van der Waals surface area contributed by atoms with E-state index in [2.05, 4.69) is 4.98 Å². The summed E-state index contributed by atoms with van der Waals surface area (Å²) >= 11 is 0. The fourth-order valence-electron chi connectivity index (χ4n) is 2.38. The number of aromatic nitrogens is 1. The van der Waals surface area contributed by atoms with Gasteiger partial charge in [0.1, 0.15) is 0 Å². The predicted octanol–water partition coefficient (Wildman–Crippen LogP) is 3.05. The Morgan fingerprint density at radius 2 is 1.86 bits per heavy atom. The molecule has 1 heterocycles. The highest BCUT2D eigenvalue weighted by molar-refractivity contribution is 5.77. The van der Waals surface area contributed by atoms with Crippen LogP contribution in [0.15, 0.2) is 54.7 Å². The van der Waals surface area contributed by atoms with Crippen molar-refractivity contribution in [3.05, 3.63) is 66.0 Å². The Labute approximate surface area is 131 Å². The topological polar surface area (TPSA) is 42.4 Å². The Bertz CT molecular complexity index is 547. The molecule has 0 bridgehead atoms. The zero-order valence-corrected chi connectivity index (χ0v) is 13.3. The third-order valence-corrected chi connectivity index (χ3v) is 3.73. The molecule has 4 nitrogen and oxygen atoms in total.